The number of nitrogens with zero attached hydrogens (tertiary/aromatic N) is 2. The number of hydrogen-bond acceptors (Lipinski definition) is 5. The number of rotatable bonds is 2. The maximum Gasteiger partial charge on any atom is 0.0988 e. The largest absolute Gasteiger partial charge is 0.398 e. The smallest absolute Gasteiger partial charge is 0.0988 e. The van der Waals surface area contributed by atoms with Crippen molar-refractivity contribution < 1.29 is 9.84 Å². The van der Waals surface area contributed by atoms with E-state index in [1.54, 1.807) is 6.20 Å². The van der Waals surface area contributed by atoms with E-state index in [2.05, 4.69) is 9.88 Å². The van der Waals surface area contributed by atoms with Gasteiger partial charge >= 0.3 is 0 Å². The fourth-order valence-electron chi connectivity index (χ4n) is 3.05. The van der Waals surface area contributed by atoms with Gasteiger partial charge in [0.15, 0.2) is 0 Å². The van der Waals surface area contributed by atoms with Crippen molar-refractivity contribution in [3.63, 3.8) is 0 Å². The van der Waals surface area contributed by atoms with Crippen LogP contribution < -0.4 is 10.6 Å². The SMILES string of the molecule is CC1(C)CN(c2ccc(N)c3ccncc23)CC(CO)O1. The third kappa shape index (κ3) is 2.66. The average molecular weight is 287 g/mol. The molecule has 1 aromatic heterocycles. The molecular weight excluding hydrogens is 266 g/mol. The molecule has 5 heteroatoms. The van der Waals surface area contributed by atoms with E-state index in [9.17, 15) is 5.11 Å². The third-order valence-electron chi connectivity index (χ3n) is 3.85. The topological polar surface area (TPSA) is 71.6 Å². The lowest BCUT2D eigenvalue weighted by atomic mass is 10.0. The molecule has 1 saturated heterocycles. The molecule has 3 N–H and O–H groups in total. The van der Waals surface area contributed by atoms with Gasteiger partial charge < -0.3 is 20.5 Å². The molecule has 21 heavy (non-hydrogen) atoms. The Morgan fingerprint density at radius 2 is 2.19 bits per heavy atom. The first kappa shape index (κ1) is 14.1. The highest BCUT2D eigenvalue weighted by Gasteiger charge is 2.33. The van der Waals surface area contributed by atoms with Crippen molar-refractivity contribution in [2.24, 2.45) is 0 Å². The number of fused-ring (bicyclic) bond motifs is 1. The lowest BCUT2D eigenvalue weighted by molar-refractivity contribution is -0.100. The van der Waals surface area contributed by atoms with Crippen LogP contribution in [0.3, 0.4) is 0 Å². The Balaban J connectivity index is 2.05. The summed E-state index contributed by atoms with van der Waals surface area (Å²) < 4.78 is 5.88. The lowest BCUT2D eigenvalue weighted by Gasteiger charge is -2.43. The number of hydrogen-bond donors (Lipinski definition) is 2. The molecule has 0 radical (unpaired) electrons. The van der Waals surface area contributed by atoms with Gasteiger partial charge in [-0.05, 0) is 32.0 Å². The van der Waals surface area contributed by atoms with Crippen molar-refractivity contribution in [1.82, 2.24) is 4.98 Å². The second-order valence-corrected chi connectivity index (χ2v) is 6.16. The van der Waals surface area contributed by atoms with Gasteiger partial charge in [-0.1, -0.05) is 0 Å². The molecule has 5 nitrogen and oxygen atoms in total. The summed E-state index contributed by atoms with van der Waals surface area (Å²) >= 11 is 0. The first-order valence-electron chi connectivity index (χ1n) is 7.16. The predicted molar refractivity (Wildman–Crippen MR) is 84.4 cm³/mol. The van der Waals surface area contributed by atoms with E-state index in [1.165, 1.54) is 0 Å². The Morgan fingerprint density at radius 1 is 1.38 bits per heavy atom. The van der Waals surface area contributed by atoms with E-state index < -0.39 is 0 Å². The monoisotopic (exact) mass is 287 g/mol. The minimum Gasteiger partial charge on any atom is -0.398 e. The Hall–Kier alpha value is -1.85. The summed E-state index contributed by atoms with van der Waals surface area (Å²) in [6.07, 6.45) is 3.41. The average Bonchev–Trinajstić information content (AvgIpc) is 2.46. The molecule has 1 unspecified atom stereocenters. The molecule has 0 amide bonds. The van der Waals surface area contributed by atoms with Crippen LogP contribution in [0.5, 0.6) is 0 Å². The van der Waals surface area contributed by atoms with Crippen molar-refractivity contribution in [2.45, 2.75) is 25.6 Å². The Bertz CT molecular complexity index is 657. The molecule has 3 rings (SSSR count). The third-order valence-corrected chi connectivity index (χ3v) is 3.85. The number of pyridine rings is 1. The van der Waals surface area contributed by atoms with Crippen LogP contribution in [0.1, 0.15) is 13.8 Å². The van der Waals surface area contributed by atoms with Gasteiger partial charge in [0.1, 0.15) is 0 Å². The molecular formula is C16H21N3O2. The number of aromatic nitrogens is 1. The van der Waals surface area contributed by atoms with E-state index in [0.29, 0.717) is 6.54 Å². The van der Waals surface area contributed by atoms with Crippen LogP contribution in [0.25, 0.3) is 10.8 Å². The lowest BCUT2D eigenvalue weighted by Crippen LogP contribution is -2.54. The standard InChI is InChI=1S/C16H21N3O2/c1-16(2)10-19(8-11(9-20)21-16)15-4-3-14(17)12-5-6-18-7-13(12)15/h3-7,11,20H,8-10,17H2,1-2H3. The normalized spacial score (nSPS) is 21.7. The highest BCUT2D eigenvalue weighted by atomic mass is 16.5. The van der Waals surface area contributed by atoms with Crippen molar-refractivity contribution in [2.75, 3.05) is 30.3 Å². The summed E-state index contributed by atoms with van der Waals surface area (Å²) in [5.74, 6) is 0. The molecule has 112 valence electrons. The fourth-order valence-corrected chi connectivity index (χ4v) is 3.05. The molecule has 0 bridgehead atoms. The number of ether oxygens (including phenoxy) is 1. The van der Waals surface area contributed by atoms with Gasteiger partial charge in [0.2, 0.25) is 0 Å². The van der Waals surface area contributed by atoms with E-state index in [0.717, 1.165) is 28.7 Å². The Labute approximate surface area is 124 Å². The van der Waals surface area contributed by atoms with E-state index >= 15 is 0 Å². The first-order valence-corrected chi connectivity index (χ1v) is 7.16. The first-order chi connectivity index (χ1) is 10.00. The van der Waals surface area contributed by atoms with Crippen LogP contribution in [-0.4, -0.2) is 41.5 Å². The molecule has 2 heterocycles. The predicted octanol–water partition coefficient (Wildman–Crippen LogP) is 1.79. The summed E-state index contributed by atoms with van der Waals surface area (Å²) in [5.41, 5.74) is 7.58. The molecule has 0 aliphatic carbocycles. The van der Waals surface area contributed by atoms with Crippen molar-refractivity contribution in [3.05, 3.63) is 30.6 Å². The Kier molecular flexibility index (Phi) is 3.47. The van der Waals surface area contributed by atoms with E-state index in [4.69, 9.17) is 10.5 Å². The van der Waals surface area contributed by atoms with Crippen LogP contribution in [0.2, 0.25) is 0 Å². The van der Waals surface area contributed by atoms with Crippen molar-refractivity contribution in [3.8, 4) is 0 Å². The van der Waals surface area contributed by atoms with Gasteiger partial charge in [0.25, 0.3) is 0 Å². The second-order valence-electron chi connectivity index (χ2n) is 6.16. The van der Waals surface area contributed by atoms with Gasteiger partial charge in [-0.2, -0.15) is 0 Å². The van der Waals surface area contributed by atoms with Crippen molar-refractivity contribution in [1.29, 1.82) is 0 Å². The van der Waals surface area contributed by atoms with Gasteiger partial charge in [0.05, 0.1) is 18.3 Å². The van der Waals surface area contributed by atoms with Gasteiger partial charge in [0, 0.05) is 47.6 Å². The molecule has 1 aliphatic rings. The molecule has 0 saturated carbocycles. The zero-order valence-corrected chi connectivity index (χ0v) is 12.4. The van der Waals surface area contributed by atoms with Gasteiger partial charge in [-0.15, -0.1) is 0 Å². The zero-order valence-electron chi connectivity index (χ0n) is 12.4. The molecule has 1 aromatic carbocycles. The highest BCUT2D eigenvalue weighted by molar-refractivity contribution is 6.00. The number of nitrogen functional groups attached to an aromatic ring is 1. The number of morpholine rings is 1. The Morgan fingerprint density at radius 3 is 2.95 bits per heavy atom. The zero-order chi connectivity index (χ0) is 15.0. The highest BCUT2D eigenvalue weighted by Crippen LogP contribution is 2.33. The summed E-state index contributed by atoms with van der Waals surface area (Å²) in [5, 5.41) is 11.5. The number of anilines is 2. The minimum atomic E-state index is -0.304. The van der Waals surface area contributed by atoms with Crippen molar-refractivity contribution >= 4 is 22.1 Å². The summed E-state index contributed by atoms with van der Waals surface area (Å²) in [6, 6.07) is 5.88. The van der Waals surface area contributed by atoms with Crippen LogP contribution in [-0.2, 0) is 4.74 Å². The van der Waals surface area contributed by atoms with E-state index in [1.807, 2.05) is 38.2 Å². The van der Waals surface area contributed by atoms with Crippen LogP contribution in [0, 0.1) is 0 Å². The maximum absolute atomic E-state index is 9.46. The van der Waals surface area contributed by atoms with Crippen LogP contribution in [0.4, 0.5) is 11.4 Å². The molecule has 2 aromatic rings. The summed E-state index contributed by atoms with van der Waals surface area (Å²) in [6.45, 7) is 5.52. The van der Waals surface area contributed by atoms with Crippen LogP contribution >= 0.6 is 0 Å². The quantitative estimate of drug-likeness (QED) is 0.824. The second kappa shape index (κ2) is 5.16. The fraction of sp³-hybridized carbons (Fsp3) is 0.438. The number of benzene rings is 1. The number of aliphatic hydroxyl groups is 1. The summed E-state index contributed by atoms with van der Waals surface area (Å²) in [4.78, 5) is 6.47. The molecule has 1 fully saturated rings. The van der Waals surface area contributed by atoms with Gasteiger partial charge in [-0.3, -0.25) is 4.98 Å². The number of nitrogens with two attached hydrogens (primary N) is 1. The number of aliphatic hydroxyl groups excluding tert-OH is 1. The van der Waals surface area contributed by atoms with Gasteiger partial charge in [-0.25, -0.2) is 0 Å². The van der Waals surface area contributed by atoms with Crippen LogP contribution in [0.15, 0.2) is 30.6 Å². The minimum absolute atomic E-state index is 0.0189. The molecule has 0 spiro atoms. The maximum atomic E-state index is 9.46. The molecule has 1 aliphatic heterocycles. The van der Waals surface area contributed by atoms with E-state index in [-0.39, 0.29) is 18.3 Å². The molecule has 1 atom stereocenters. The summed E-state index contributed by atoms with van der Waals surface area (Å²) in [7, 11) is 0.